The van der Waals surface area contributed by atoms with Crippen LogP contribution in [0.5, 0.6) is 0 Å². The minimum atomic E-state index is -0.0600. The first-order chi connectivity index (χ1) is 12.4. The number of carbonyl (C=O) groups excluding carboxylic acids is 1. The zero-order chi connectivity index (χ0) is 18.4. The lowest BCUT2D eigenvalue weighted by molar-refractivity contribution is 0.0752. The Morgan fingerprint density at radius 3 is 2.85 bits per heavy atom. The fraction of sp³-hybridized carbons (Fsp3) is 0.421. The monoisotopic (exact) mass is 351 g/mol. The second-order valence-corrected chi connectivity index (χ2v) is 7.28. The topological polar surface area (TPSA) is 85.0 Å². The van der Waals surface area contributed by atoms with Gasteiger partial charge in [-0.05, 0) is 25.8 Å². The molecule has 0 atom stereocenters. The van der Waals surface area contributed by atoms with E-state index in [0.717, 1.165) is 29.2 Å². The van der Waals surface area contributed by atoms with Gasteiger partial charge in [0.2, 0.25) is 0 Å². The maximum Gasteiger partial charge on any atom is 0.258 e. The lowest BCUT2D eigenvalue weighted by Crippen LogP contribution is -2.25. The predicted molar refractivity (Wildman–Crippen MR) is 95.4 cm³/mol. The van der Waals surface area contributed by atoms with E-state index in [1.165, 1.54) is 0 Å². The molecule has 4 rings (SSSR count). The zero-order valence-electron chi connectivity index (χ0n) is 15.4. The van der Waals surface area contributed by atoms with Crippen molar-refractivity contribution in [3.8, 4) is 0 Å². The zero-order valence-corrected chi connectivity index (χ0v) is 15.4. The molecule has 26 heavy (non-hydrogen) atoms. The Hall–Kier alpha value is -2.83. The van der Waals surface area contributed by atoms with Gasteiger partial charge in [0.25, 0.3) is 11.6 Å². The number of nitrogens with zero attached hydrogens (tertiary/aromatic N) is 5. The summed E-state index contributed by atoms with van der Waals surface area (Å²) in [7, 11) is 0. The highest BCUT2D eigenvalue weighted by molar-refractivity contribution is 6.06. The molecule has 0 saturated heterocycles. The van der Waals surface area contributed by atoms with Gasteiger partial charge in [-0.1, -0.05) is 19.0 Å². The molecule has 1 amide bonds. The summed E-state index contributed by atoms with van der Waals surface area (Å²) in [6.07, 6.45) is 2.69. The summed E-state index contributed by atoms with van der Waals surface area (Å²) in [6, 6.07) is 1.80. The maximum atomic E-state index is 13.2. The van der Waals surface area contributed by atoms with E-state index < -0.39 is 0 Å². The molecule has 0 spiro atoms. The highest BCUT2D eigenvalue weighted by Gasteiger charge is 2.28. The summed E-state index contributed by atoms with van der Waals surface area (Å²) in [5.74, 6) is 1.28. The van der Waals surface area contributed by atoms with E-state index in [2.05, 4.69) is 34.0 Å². The number of aromatic nitrogens is 4. The summed E-state index contributed by atoms with van der Waals surface area (Å²) in [4.78, 5) is 28.4. The molecular weight excluding hydrogens is 330 g/mol. The van der Waals surface area contributed by atoms with Crippen molar-refractivity contribution in [1.29, 1.82) is 0 Å². The molecule has 0 fully saturated rings. The Morgan fingerprint density at radius 1 is 1.27 bits per heavy atom. The minimum Gasteiger partial charge on any atom is -0.336 e. The Morgan fingerprint density at radius 2 is 2.08 bits per heavy atom. The average molecular weight is 351 g/mol. The molecule has 3 aromatic heterocycles. The molecule has 134 valence electrons. The lowest BCUT2D eigenvalue weighted by Gasteiger charge is -2.15. The summed E-state index contributed by atoms with van der Waals surface area (Å²) in [6.45, 7) is 8.96. The van der Waals surface area contributed by atoms with Crippen LogP contribution in [0.4, 0.5) is 0 Å². The fourth-order valence-corrected chi connectivity index (χ4v) is 3.36. The Kier molecular flexibility index (Phi) is 3.94. The third kappa shape index (κ3) is 2.83. The summed E-state index contributed by atoms with van der Waals surface area (Å²) < 4.78 is 5.24. The molecule has 0 aromatic carbocycles. The van der Waals surface area contributed by atoms with Gasteiger partial charge in [0.15, 0.2) is 0 Å². The van der Waals surface area contributed by atoms with Gasteiger partial charge in [-0.2, -0.15) is 0 Å². The molecular formula is C19H21N5O2. The number of hydrogen-bond acceptors (Lipinski definition) is 6. The maximum absolute atomic E-state index is 13.2. The number of rotatable bonds is 3. The van der Waals surface area contributed by atoms with Crippen LogP contribution in [0.15, 0.2) is 16.8 Å². The highest BCUT2D eigenvalue weighted by Crippen LogP contribution is 2.27. The fourth-order valence-electron chi connectivity index (χ4n) is 3.36. The minimum absolute atomic E-state index is 0.0600. The van der Waals surface area contributed by atoms with E-state index in [-0.39, 0.29) is 5.91 Å². The van der Waals surface area contributed by atoms with Crippen LogP contribution in [0, 0.1) is 19.8 Å². The van der Waals surface area contributed by atoms with Gasteiger partial charge in [-0.25, -0.2) is 15.0 Å². The molecule has 7 nitrogen and oxygen atoms in total. The lowest BCUT2D eigenvalue weighted by atomic mass is 10.1. The second kappa shape index (κ2) is 6.16. The van der Waals surface area contributed by atoms with E-state index >= 15 is 0 Å². The molecule has 0 aliphatic carbocycles. The first-order valence-corrected chi connectivity index (χ1v) is 8.79. The van der Waals surface area contributed by atoms with Crippen LogP contribution in [-0.2, 0) is 19.5 Å². The van der Waals surface area contributed by atoms with Crippen LogP contribution in [0.1, 0.15) is 52.7 Å². The van der Waals surface area contributed by atoms with Gasteiger partial charge < -0.3 is 9.42 Å². The van der Waals surface area contributed by atoms with Crippen LogP contribution < -0.4 is 0 Å². The second-order valence-electron chi connectivity index (χ2n) is 7.28. The first-order valence-electron chi connectivity index (χ1n) is 8.79. The number of fused-ring (bicyclic) bond motifs is 2. The molecule has 1 aliphatic rings. The van der Waals surface area contributed by atoms with Gasteiger partial charge in [-0.3, -0.25) is 4.79 Å². The van der Waals surface area contributed by atoms with Crippen LogP contribution in [0.2, 0.25) is 0 Å². The standard InChI is InChI=1S/C19H21N5O2/c1-10(2)5-16-20-7-13-8-24(9-15(13)22-16)19(25)14-6-11(3)21-18-17(14)12(4)23-26-18/h6-7,10H,5,8-9H2,1-4H3. The van der Waals surface area contributed by atoms with Crippen molar-refractivity contribution in [3.05, 3.63) is 46.3 Å². The number of hydrogen-bond donors (Lipinski definition) is 0. The van der Waals surface area contributed by atoms with Crippen molar-refractivity contribution in [1.82, 2.24) is 25.0 Å². The summed E-state index contributed by atoms with van der Waals surface area (Å²) >= 11 is 0. The molecule has 4 heterocycles. The molecule has 0 N–H and O–H groups in total. The number of carbonyl (C=O) groups is 1. The third-order valence-electron chi connectivity index (χ3n) is 4.56. The van der Waals surface area contributed by atoms with Crippen LogP contribution >= 0.6 is 0 Å². The van der Waals surface area contributed by atoms with Crippen LogP contribution in [0.25, 0.3) is 11.1 Å². The normalized spacial score (nSPS) is 13.7. The van der Waals surface area contributed by atoms with Crippen molar-refractivity contribution in [2.24, 2.45) is 5.92 Å². The van der Waals surface area contributed by atoms with E-state index in [9.17, 15) is 4.79 Å². The molecule has 0 unspecified atom stereocenters. The molecule has 0 radical (unpaired) electrons. The largest absolute Gasteiger partial charge is 0.336 e. The van der Waals surface area contributed by atoms with E-state index in [1.807, 2.05) is 20.0 Å². The molecule has 0 bridgehead atoms. The smallest absolute Gasteiger partial charge is 0.258 e. The molecule has 0 saturated carbocycles. The van der Waals surface area contributed by atoms with E-state index in [1.54, 1.807) is 11.0 Å². The molecule has 7 heteroatoms. The van der Waals surface area contributed by atoms with Crippen molar-refractivity contribution in [2.75, 3.05) is 0 Å². The van der Waals surface area contributed by atoms with Crippen LogP contribution in [-0.4, -0.2) is 30.9 Å². The Labute approximate surface area is 151 Å². The number of amides is 1. The quantitative estimate of drug-likeness (QED) is 0.721. The molecule has 3 aromatic rings. The van der Waals surface area contributed by atoms with Gasteiger partial charge >= 0.3 is 0 Å². The molecule has 1 aliphatic heterocycles. The Balaban J connectivity index is 1.65. The Bertz CT molecular complexity index is 1010. The highest BCUT2D eigenvalue weighted by atomic mass is 16.5. The van der Waals surface area contributed by atoms with Gasteiger partial charge in [-0.15, -0.1) is 0 Å². The van der Waals surface area contributed by atoms with Gasteiger partial charge in [0.1, 0.15) is 5.82 Å². The number of pyridine rings is 1. The van der Waals surface area contributed by atoms with E-state index in [4.69, 9.17) is 4.52 Å². The summed E-state index contributed by atoms with van der Waals surface area (Å²) in [5.41, 5.74) is 4.33. The van der Waals surface area contributed by atoms with Crippen molar-refractivity contribution >= 4 is 17.0 Å². The predicted octanol–water partition coefficient (Wildman–Crippen LogP) is 2.98. The average Bonchev–Trinajstić information content (AvgIpc) is 3.16. The van der Waals surface area contributed by atoms with Crippen LogP contribution in [0.3, 0.4) is 0 Å². The first kappa shape index (κ1) is 16.6. The number of aryl methyl sites for hydroxylation is 2. The van der Waals surface area contributed by atoms with Crippen molar-refractivity contribution in [2.45, 2.75) is 47.2 Å². The SMILES string of the molecule is Cc1cc(C(=O)N2Cc3cnc(CC(C)C)nc3C2)c2c(C)noc2n1. The van der Waals surface area contributed by atoms with E-state index in [0.29, 0.717) is 41.4 Å². The van der Waals surface area contributed by atoms with Gasteiger partial charge in [0.05, 0.1) is 28.9 Å². The third-order valence-corrected chi connectivity index (χ3v) is 4.56. The van der Waals surface area contributed by atoms with Gasteiger partial charge in [0, 0.05) is 30.4 Å². The van der Waals surface area contributed by atoms with Crippen molar-refractivity contribution < 1.29 is 9.32 Å². The van der Waals surface area contributed by atoms with Crippen molar-refractivity contribution in [3.63, 3.8) is 0 Å². The summed E-state index contributed by atoms with van der Waals surface area (Å²) in [5, 5.41) is 4.64.